The zero-order valence-electron chi connectivity index (χ0n) is 13.7. The molecule has 1 atom stereocenters. The normalized spacial score (nSPS) is 11.8. The largest absolute Gasteiger partial charge is 0.435 e. The smallest absolute Gasteiger partial charge is 0.387 e. The van der Waals surface area contributed by atoms with Gasteiger partial charge in [-0.15, -0.1) is 0 Å². The second-order valence-electron chi connectivity index (χ2n) is 5.50. The molecule has 0 aliphatic heterocycles. The van der Waals surface area contributed by atoms with E-state index in [0.29, 0.717) is 0 Å². The third kappa shape index (κ3) is 4.42. The van der Waals surface area contributed by atoms with Crippen LogP contribution in [0.4, 0.5) is 8.78 Å². The summed E-state index contributed by atoms with van der Waals surface area (Å²) in [4.78, 5) is 16.7. The highest BCUT2D eigenvalue weighted by Crippen LogP contribution is 2.23. The summed E-state index contributed by atoms with van der Waals surface area (Å²) in [6.45, 7) is -2.94. The molecule has 26 heavy (non-hydrogen) atoms. The lowest BCUT2D eigenvalue weighted by molar-refractivity contribution is -0.0498. The Balaban J connectivity index is 1.86. The molecule has 2 aromatic carbocycles. The highest BCUT2D eigenvalue weighted by Gasteiger charge is 2.18. The van der Waals surface area contributed by atoms with Crippen LogP contribution >= 0.6 is 0 Å². The molecule has 1 unspecified atom stereocenters. The lowest BCUT2D eigenvalue weighted by Crippen LogP contribution is -2.29. The zero-order chi connectivity index (χ0) is 18.4. The lowest BCUT2D eigenvalue weighted by Gasteiger charge is -2.20. The predicted molar refractivity (Wildman–Crippen MR) is 93.1 cm³/mol. The number of hydrogen-bond donors (Lipinski definition) is 1. The minimum Gasteiger partial charge on any atom is -0.435 e. The Morgan fingerprint density at radius 1 is 0.923 bits per heavy atom. The molecule has 6 heteroatoms. The summed E-state index contributed by atoms with van der Waals surface area (Å²) in [5, 5.41) is 2.94. The van der Waals surface area contributed by atoms with Crippen molar-refractivity contribution < 1.29 is 18.3 Å². The fraction of sp³-hybridized carbons (Fsp3) is 0.100. The van der Waals surface area contributed by atoms with Gasteiger partial charge in [-0.05, 0) is 41.5 Å². The van der Waals surface area contributed by atoms with Crippen LogP contribution in [0.5, 0.6) is 5.75 Å². The summed E-state index contributed by atoms with van der Waals surface area (Å²) < 4.78 is 29.1. The summed E-state index contributed by atoms with van der Waals surface area (Å²) in [7, 11) is 0. The average Bonchev–Trinajstić information content (AvgIpc) is 2.67. The number of rotatable bonds is 6. The van der Waals surface area contributed by atoms with Gasteiger partial charge in [0.2, 0.25) is 0 Å². The summed E-state index contributed by atoms with van der Waals surface area (Å²) in [5.74, 6) is -0.455. The molecule has 0 bridgehead atoms. The van der Waals surface area contributed by atoms with Gasteiger partial charge in [0.1, 0.15) is 5.75 Å². The lowest BCUT2D eigenvalue weighted by atomic mass is 9.99. The number of benzene rings is 2. The van der Waals surface area contributed by atoms with Crippen molar-refractivity contribution >= 4 is 5.91 Å². The molecule has 3 aromatic rings. The average molecular weight is 354 g/mol. The second-order valence-corrected chi connectivity index (χ2v) is 5.50. The highest BCUT2D eigenvalue weighted by molar-refractivity contribution is 5.95. The van der Waals surface area contributed by atoms with E-state index in [1.807, 2.05) is 42.5 Å². The molecular weight excluding hydrogens is 338 g/mol. The number of carbonyl (C=O) groups excluding carboxylic acids is 1. The predicted octanol–water partition coefficient (Wildman–Crippen LogP) is 4.20. The molecule has 3 rings (SSSR count). The van der Waals surface area contributed by atoms with Crippen LogP contribution in [0.2, 0.25) is 0 Å². The van der Waals surface area contributed by atoms with E-state index < -0.39 is 18.6 Å². The van der Waals surface area contributed by atoms with E-state index in [1.54, 1.807) is 18.5 Å². The number of amides is 1. The molecule has 0 fully saturated rings. The van der Waals surface area contributed by atoms with E-state index >= 15 is 0 Å². The SMILES string of the molecule is O=C(NC(c1ccccc1)c1ccncc1)c1cccc(OC(F)F)c1. The van der Waals surface area contributed by atoms with Crippen LogP contribution in [0, 0.1) is 0 Å². The van der Waals surface area contributed by atoms with Gasteiger partial charge in [0.05, 0.1) is 6.04 Å². The second kappa shape index (κ2) is 8.20. The Morgan fingerprint density at radius 2 is 1.62 bits per heavy atom. The molecule has 0 spiro atoms. The first-order valence-corrected chi connectivity index (χ1v) is 7.94. The van der Waals surface area contributed by atoms with Crippen LogP contribution in [-0.2, 0) is 0 Å². The van der Waals surface area contributed by atoms with Gasteiger partial charge in [-0.25, -0.2) is 0 Å². The fourth-order valence-electron chi connectivity index (χ4n) is 2.59. The van der Waals surface area contributed by atoms with Crippen molar-refractivity contribution in [3.8, 4) is 5.75 Å². The van der Waals surface area contributed by atoms with Gasteiger partial charge in [-0.2, -0.15) is 8.78 Å². The number of hydrogen-bond acceptors (Lipinski definition) is 3. The maximum Gasteiger partial charge on any atom is 0.387 e. The molecule has 132 valence electrons. The Hall–Kier alpha value is -3.28. The van der Waals surface area contributed by atoms with E-state index in [4.69, 9.17) is 0 Å². The molecule has 0 radical (unpaired) electrons. The molecule has 1 amide bonds. The Labute approximate surface area is 149 Å². The molecule has 4 nitrogen and oxygen atoms in total. The first-order valence-electron chi connectivity index (χ1n) is 7.94. The van der Waals surface area contributed by atoms with Crippen molar-refractivity contribution in [2.24, 2.45) is 0 Å². The number of carbonyl (C=O) groups is 1. The number of nitrogens with zero attached hydrogens (tertiary/aromatic N) is 1. The zero-order valence-corrected chi connectivity index (χ0v) is 13.7. The van der Waals surface area contributed by atoms with Gasteiger partial charge in [0.25, 0.3) is 5.91 Å². The van der Waals surface area contributed by atoms with Crippen molar-refractivity contribution in [3.63, 3.8) is 0 Å². The van der Waals surface area contributed by atoms with E-state index in [0.717, 1.165) is 11.1 Å². The van der Waals surface area contributed by atoms with Crippen molar-refractivity contribution in [2.75, 3.05) is 0 Å². The van der Waals surface area contributed by atoms with Crippen molar-refractivity contribution in [1.82, 2.24) is 10.3 Å². The van der Waals surface area contributed by atoms with Crippen LogP contribution in [0.1, 0.15) is 27.5 Å². The summed E-state index contributed by atoms with van der Waals surface area (Å²) in [6.07, 6.45) is 3.29. The molecular formula is C20H16F2N2O2. The van der Waals surface area contributed by atoms with Crippen LogP contribution in [0.3, 0.4) is 0 Å². The highest BCUT2D eigenvalue weighted by atomic mass is 19.3. The minimum absolute atomic E-state index is 0.0622. The summed E-state index contributed by atoms with van der Waals surface area (Å²) in [6, 6.07) is 18.4. The maximum absolute atomic E-state index is 12.7. The molecule has 0 saturated carbocycles. The maximum atomic E-state index is 12.7. The Kier molecular flexibility index (Phi) is 5.53. The summed E-state index contributed by atoms with van der Waals surface area (Å²) in [5.41, 5.74) is 1.99. The van der Waals surface area contributed by atoms with Crippen molar-refractivity contribution in [2.45, 2.75) is 12.7 Å². The van der Waals surface area contributed by atoms with E-state index in [2.05, 4.69) is 15.0 Å². The van der Waals surface area contributed by atoms with Crippen LogP contribution in [0.25, 0.3) is 0 Å². The van der Waals surface area contributed by atoms with Gasteiger partial charge in [0, 0.05) is 18.0 Å². The number of halogens is 2. The van der Waals surface area contributed by atoms with Crippen LogP contribution < -0.4 is 10.1 Å². The summed E-state index contributed by atoms with van der Waals surface area (Å²) >= 11 is 0. The van der Waals surface area contributed by atoms with E-state index in [-0.39, 0.29) is 11.3 Å². The van der Waals surface area contributed by atoms with E-state index in [1.165, 1.54) is 18.2 Å². The van der Waals surface area contributed by atoms with Gasteiger partial charge in [0.15, 0.2) is 0 Å². The fourth-order valence-corrected chi connectivity index (χ4v) is 2.59. The molecule has 1 N–H and O–H groups in total. The number of pyridine rings is 1. The molecule has 0 aliphatic carbocycles. The van der Waals surface area contributed by atoms with Crippen molar-refractivity contribution in [1.29, 1.82) is 0 Å². The monoisotopic (exact) mass is 354 g/mol. The van der Waals surface area contributed by atoms with Gasteiger partial charge in [-0.3, -0.25) is 9.78 Å². The van der Waals surface area contributed by atoms with Crippen LogP contribution in [0.15, 0.2) is 79.1 Å². The number of ether oxygens (including phenoxy) is 1. The number of alkyl halides is 2. The van der Waals surface area contributed by atoms with Gasteiger partial charge >= 0.3 is 6.61 Å². The topological polar surface area (TPSA) is 51.2 Å². The third-order valence-electron chi connectivity index (χ3n) is 3.77. The Morgan fingerprint density at radius 3 is 2.31 bits per heavy atom. The number of nitrogens with one attached hydrogen (secondary N) is 1. The van der Waals surface area contributed by atoms with Gasteiger partial charge in [-0.1, -0.05) is 36.4 Å². The minimum atomic E-state index is -2.94. The molecule has 1 aromatic heterocycles. The van der Waals surface area contributed by atoms with Crippen molar-refractivity contribution in [3.05, 3.63) is 95.8 Å². The number of aromatic nitrogens is 1. The third-order valence-corrected chi connectivity index (χ3v) is 3.77. The molecule has 1 heterocycles. The standard InChI is InChI=1S/C20H16F2N2O2/c21-20(22)26-17-8-4-7-16(13-17)19(25)24-18(14-5-2-1-3-6-14)15-9-11-23-12-10-15/h1-13,18,20H,(H,24,25). The van der Waals surface area contributed by atoms with Gasteiger partial charge < -0.3 is 10.1 Å². The first-order chi connectivity index (χ1) is 12.6. The quantitative estimate of drug-likeness (QED) is 0.722. The molecule has 0 saturated heterocycles. The Bertz CT molecular complexity index is 818. The first kappa shape index (κ1) is 17.5. The van der Waals surface area contributed by atoms with Crippen LogP contribution in [-0.4, -0.2) is 17.5 Å². The molecule has 0 aliphatic rings. The van der Waals surface area contributed by atoms with E-state index in [9.17, 15) is 13.6 Å².